The Hall–Kier alpha value is -2.93. The Morgan fingerprint density at radius 3 is 2.66 bits per heavy atom. The minimum atomic E-state index is -0.655. The summed E-state index contributed by atoms with van der Waals surface area (Å²) in [6.07, 6.45) is 1.30. The van der Waals surface area contributed by atoms with Crippen molar-refractivity contribution in [1.82, 2.24) is 4.90 Å². The van der Waals surface area contributed by atoms with Crippen molar-refractivity contribution in [1.29, 1.82) is 0 Å². The number of aryl methyl sites for hydroxylation is 3. The van der Waals surface area contributed by atoms with E-state index in [9.17, 15) is 14.4 Å². The summed E-state index contributed by atoms with van der Waals surface area (Å²) in [4.78, 5) is 38.9. The third-order valence-electron chi connectivity index (χ3n) is 5.00. The summed E-state index contributed by atoms with van der Waals surface area (Å²) >= 11 is 0. The van der Waals surface area contributed by atoms with Crippen LogP contribution in [0.15, 0.2) is 45.6 Å². The van der Waals surface area contributed by atoms with E-state index in [1.54, 1.807) is 13.0 Å². The van der Waals surface area contributed by atoms with Crippen LogP contribution in [0.3, 0.4) is 0 Å². The summed E-state index contributed by atoms with van der Waals surface area (Å²) in [6, 6.07) is 11.6. The highest BCUT2D eigenvalue weighted by Gasteiger charge is 2.30. The normalized spacial score (nSPS) is 16.9. The molecule has 3 rings (SSSR count). The van der Waals surface area contributed by atoms with Crippen LogP contribution in [0.25, 0.3) is 0 Å². The first-order chi connectivity index (χ1) is 14.0. The van der Waals surface area contributed by atoms with E-state index >= 15 is 0 Å². The van der Waals surface area contributed by atoms with Gasteiger partial charge in [-0.15, -0.1) is 0 Å². The lowest BCUT2D eigenvalue weighted by molar-refractivity contribution is -0.147. The quantitative estimate of drug-likeness (QED) is 0.715. The molecular formula is C22H25NO6. The highest BCUT2D eigenvalue weighted by Crippen LogP contribution is 2.15. The smallest absolute Gasteiger partial charge is 0.349 e. The summed E-state index contributed by atoms with van der Waals surface area (Å²) in [7, 11) is 1.30. The van der Waals surface area contributed by atoms with E-state index in [2.05, 4.69) is 0 Å². The summed E-state index contributed by atoms with van der Waals surface area (Å²) in [5, 5.41) is 0. The molecule has 0 spiro atoms. The fourth-order valence-corrected chi connectivity index (χ4v) is 3.43. The molecular weight excluding hydrogens is 374 g/mol. The average molecular weight is 399 g/mol. The zero-order valence-corrected chi connectivity index (χ0v) is 16.7. The minimum Gasteiger partial charge on any atom is -0.469 e. The van der Waals surface area contributed by atoms with Gasteiger partial charge in [-0.25, -0.2) is 4.79 Å². The van der Waals surface area contributed by atoms with Crippen molar-refractivity contribution >= 4 is 11.9 Å². The predicted octanol–water partition coefficient (Wildman–Crippen LogP) is 2.00. The van der Waals surface area contributed by atoms with E-state index < -0.39 is 23.4 Å². The van der Waals surface area contributed by atoms with Crippen LogP contribution in [0.5, 0.6) is 0 Å². The van der Waals surface area contributed by atoms with E-state index in [-0.39, 0.29) is 18.7 Å². The zero-order chi connectivity index (χ0) is 20.8. The van der Waals surface area contributed by atoms with E-state index in [1.165, 1.54) is 12.0 Å². The second-order valence-electron chi connectivity index (χ2n) is 7.09. The van der Waals surface area contributed by atoms with Crippen LogP contribution in [0.4, 0.5) is 0 Å². The van der Waals surface area contributed by atoms with Gasteiger partial charge in [0.15, 0.2) is 0 Å². The van der Waals surface area contributed by atoms with Crippen molar-refractivity contribution in [3.63, 3.8) is 0 Å². The number of carbonyl (C=O) groups excluding carboxylic acids is 2. The number of rotatable bonds is 5. The maximum atomic E-state index is 13.0. The Morgan fingerprint density at radius 1 is 1.21 bits per heavy atom. The largest absolute Gasteiger partial charge is 0.469 e. The van der Waals surface area contributed by atoms with Crippen LogP contribution in [0.1, 0.15) is 27.2 Å². The molecule has 1 aromatic carbocycles. The van der Waals surface area contributed by atoms with Crippen molar-refractivity contribution in [2.24, 2.45) is 5.92 Å². The first-order valence-electron chi connectivity index (χ1n) is 9.62. The highest BCUT2D eigenvalue weighted by molar-refractivity contribution is 5.95. The molecule has 2 aromatic rings. The molecule has 0 radical (unpaired) electrons. The van der Waals surface area contributed by atoms with Gasteiger partial charge in [0.2, 0.25) is 0 Å². The van der Waals surface area contributed by atoms with E-state index in [0.29, 0.717) is 30.9 Å². The lowest BCUT2D eigenvalue weighted by atomic mass is 10.1. The Kier molecular flexibility index (Phi) is 6.82. The molecule has 1 saturated heterocycles. The summed E-state index contributed by atoms with van der Waals surface area (Å²) in [5.74, 6) is -0.932. The molecule has 0 saturated carbocycles. The molecule has 0 N–H and O–H groups in total. The van der Waals surface area contributed by atoms with Crippen LogP contribution in [0, 0.1) is 12.8 Å². The molecule has 1 aliphatic rings. The SMILES string of the molecule is COC(=O)C1COCCN(C(=O)c2c(C)cc(CCc3ccccc3)oc2=O)C1. The van der Waals surface area contributed by atoms with Crippen LogP contribution in [-0.2, 0) is 27.1 Å². The van der Waals surface area contributed by atoms with Crippen molar-refractivity contribution in [2.75, 3.05) is 33.4 Å². The number of hydrogen-bond donors (Lipinski definition) is 0. The molecule has 1 atom stereocenters. The standard InChI is InChI=1S/C22H25NO6/c1-15-12-18(9-8-16-6-4-3-5-7-16)29-22(26)19(15)20(24)23-10-11-28-14-17(13-23)21(25)27-2/h3-7,12,17H,8-11,13-14H2,1-2H3. The monoisotopic (exact) mass is 399 g/mol. The highest BCUT2D eigenvalue weighted by atomic mass is 16.5. The molecule has 2 heterocycles. The second-order valence-corrected chi connectivity index (χ2v) is 7.09. The van der Waals surface area contributed by atoms with E-state index in [0.717, 1.165) is 12.0 Å². The Morgan fingerprint density at radius 2 is 1.97 bits per heavy atom. The number of amides is 1. The Balaban J connectivity index is 1.76. The predicted molar refractivity (Wildman–Crippen MR) is 106 cm³/mol. The number of esters is 1. The molecule has 1 aliphatic heterocycles. The van der Waals surface area contributed by atoms with Crippen LogP contribution in [-0.4, -0.2) is 50.2 Å². The number of methoxy groups -OCH3 is 1. The molecule has 7 nitrogen and oxygen atoms in total. The van der Waals surface area contributed by atoms with Gasteiger partial charge >= 0.3 is 11.6 Å². The maximum absolute atomic E-state index is 13.0. The lowest BCUT2D eigenvalue weighted by Crippen LogP contribution is -2.40. The van der Waals surface area contributed by atoms with Gasteiger partial charge in [0.1, 0.15) is 11.3 Å². The van der Waals surface area contributed by atoms with Gasteiger partial charge in [-0.05, 0) is 30.5 Å². The van der Waals surface area contributed by atoms with Gasteiger partial charge in [-0.3, -0.25) is 9.59 Å². The molecule has 154 valence electrons. The molecule has 1 aromatic heterocycles. The van der Waals surface area contributed by atoms with Crippen LogP contribution >= 0.6 is 0 Å². The van der Waals surface area contributed by atoms with Gasteiger partial charge < -0.3 is 18.8 Å². The van der Waals surface area contributed by atoms with Gasteiger partial charge in [-0.1, -0.05) is 30.3 Å². The zero-order valence-electron chi connectivity index (χ0n) is 16.7. The molecule has 29 heavy (non-hydrogen) atoms. The van der Waals surface area contributed by atoms with Crippen molar-refractivity contribution in [3.8, 4) is 0 Å². The van der Waals surface area contributed by atoms with E-state index in [1.807, 2.05) is 30.3 Å². The molecule has 1 amide bonds. The van der Waals surface area contributed by atoms with Gasteiger partial charge in [0, 0.05) is 19.5 Å². The summed E-state index contributed by atoms with van der Waals surface area (Å²) in [6.45, 7) is 2.63. The van der Waals surface area contributed by atoms with E-state index in [4.69, 9.17) is 13.9 Å². The lowest BCUT2D eigenvalue weighted by Gasteiger charge is -2.22. The second kappa shape index (κ2) is 9.52. The van der Waals surface area contributed by atoms with Crippen molar-refractivity contribution in [3.05, 3.63) is 69.3 Å². The molecule has 1 fully saturated rings. The first-order valence-corrected chi connectivity index (χ1v) is 9.62. The first kappa shape index (κ1) is 20.8. The molecule has 7 heteroatoms. The van der Waals surface area contributed by atoms with Crippen LogP contribution in [0.2, 0.25) is 0 Å². The number of ether oxygens (including phenoxy) is 2. The molecule has 0 aliphatic carbocycles. The Labute approximate surface area is 169 Å². The fourth-order valence-electron chi connectivity index (χ4n) is 3.43. The topological polar surface area (TPSA) is 86.1 Å². The number of nitrogens with zero attached hydrogens (tertiary/aromatic N) is 1. The summed E-state index contributed by atoms with van der Waals surface area (Å²) in [5.41, 5.74) is 1.05. The average Bonchev–Trinajstić information content (AvgIpc) is 2.98. The third-order valence-corrected chi connectivity index (χ3v) is 5.00. The van der Waals surface area contributed by atoms with Crippen LogP contribution < -0.4 is 5.63 Å². The van der Waals surface area contributed by atoms with Gasteiger partial charge in [0.05, 0.1) is 26.2 Å². The minimum absolute atomic E-state index is 0.000947. The number of benzene rings is 1. The molecule has 0 bridgehead atoms. The summed E-state index contributed by atoms with van der Waals surface area (Å²) < 4.78 is 15.6. The maximum Gasteiger partial charge on any atom is 0.349 e. The fraction of sp³-hybridized carbons (Fsp3) is 0.409. The Bertz CT molecular complexity index is 921. The third kappa shape index (κ3) is 5.12. The van der Waals surface area contributed by atoms with Gasteiger partial charge in [-0.2, -0.15) is 0 Å². The number of carbonyl (C=O) groups is 2. The number of hydrogen-bond acceptors (Lipinski definition) is 6. The van der Waals surface area contributed by atoms with Gasteiger partial charge in [0.25, 0.3) is 5.91 Å². The molecule has 1 unspecified atom stereocenters. The van der Waals surface area contributed by atoms with Crippen molar-refractivity contribution < 1.29 is 23.5 Å². The van der Waals surface area contributed by atoms with Crippen molar-refractivity contribution in [2.45, 2.75) is 19.8 Å².